The number of ether oxygens (including phenoxy) is 2. The molecule has 0 amide bonds. The van der Waals surface area contributed by atoms with Gasteiger partial charge in [0.05, 0.1) is 28.3 Å². The van der Waals surface area contributed by atoms with Gasteiger partial charge in [0, 0.05) is 50.1 Å². The minimum Gasteiger partial charge on any atom is -0.507 e. The maximum atomic E-state index is 13.1. The van der Waals surface area contributed by atoms with Gasteiger partial charge in [0.1, 0.15) is 17.2 Å². The molecule has 0 fully saturated rings. The number of rotatable bonds is 16. The molecule has 6 rings (SSSR count). The summed E-state index contributed by atoms with van der Waals surface area (Å²) in [6, 6.07) is 13.2. The van der Waals surface area contributed by atoms with Gasteiger partial charge in [0.15, 0.2) is 0 Å². The van der Waals surface area contributed by atoms with Gasteiger partial charge in [-0.15, -0.1) is 0 Å². The number of phenolic OH excluding ortho intramolecular Hbond substituents is 1. The molecular formula is C57H74O6S6. The smallest absolute Gasteiger partial charge is 0.246 e. The Kier molecular flexibility index (Phi) is 15.8. The van der Waals surface area contributed by atoms with Crippen molar-refractivity contribution in [3.63, 3.8) is 0 Å². The van der Waals surface area contributed by atoms with Gasteiger partial charge < -0.3 is 14.6 Å². The van der Waals surface area contributed by atoms with Crippen molar-refractivity contribution in [1.82, 2.24) is 0 Å². The minimum atomic E-state index is -0.446. The van der Waals surface area contributed by atoms with Crippen molar-refractivity contribution in [2.24, 2.45) is 0 Å². The van der Waals surface area contributed by atoms with Crippen molar-refractivity contribution in [3.05, 3.63) is 115 Å². The highest BCUT2D eigenvalue weighted by Gasteiger charge is 2.38. The molecule has 12 heteroatoms. The molecule has 0 bridgehead atoms. The molecule has 0 aliphatic heterocycles. The first-order valence-corrected chi connectivity index (χ1v) is 30.5. The van der Waals surface area contributed by atoms with Crippen molar-refractivity contribution in [2.75, 3.05) is 13.7 Å². The molecule has 6 aromatic rings. The van der Waals surface area contributed by atoms with Crippen LogP contribution in [0, 0.1) is 20.8 Å². The van der Waals surface area contributed by atoms with Crippen LogP contribution >= 0.6 is 62.0 Å². The van der Waals surface area contributed by atoms with E-state index in [1.165, 1.54) is 41.4 Å². The number of hydrogen-bond acceptors (Lipinski definition) is 12. The lowest BCUT2D eigenvalue weighted by molar-refractivity contribution is 0.305. The molecule has 0 saturated heterocycles. The predicted molar refractivity (Wildman–Crippen MR) is 303 cm³/mol. The van der Waals surface area contributed by atoms with Gasteiger partial charge in [0.2, 0.25) is 14.2 Å². The molecule has 0 aliphatic carbocycles. The summed E-state index contributed by atoms with van der Waals surface area (Å²) < 4.78 is 13.5. The summed E-state index contributed by atoms with van der Waals surface area (Å²) in [4.78, 5) is 41.5. The SMILES string of the molecule is CCOc1c(C(C)(C)C)cc(-c2ssc(=O)c2C)cc1C(C)(C)CCC(C)(C)c1cc(-c2ssc(=O)c2C)cc(C(C)(C)CCC(C)(C)c2cc(-c3ssc(=O)c3C)cc(C(C)(C)C)c2O)c1OC. The Morgan fingerprint density at radius 1 is 0.435 bits per heavy atom. The second kappa shape index (κ2) is 19.9. The molecule has 6 nitrogen and oxygen atoms in total. The third-order valence-electron chi connectivity index (χ3n) is 14.4. The number of hydrogen-bond donors (Lipinski definition) is 1. The van der Waals surface area contributed by atoms with Crippen molar-refractivity contribution in [3.8, 4) is 48.6 Å². The first-order chi connectivity index (χ1) is 31.8. The fourth-order valence-electron chi connectivity index (χ4n) is 9.43. The second-order valence-corrected chi connectivity index (χ2v) is 30.0. The van der Waals surface area contributed by atoms with Crippen LogP contribution in [0.5, 0.6) is 17.2 Å². The van der Waals surface area contributed by atoms with Gasteiger partial charge >= 0.3 is 0 Å². The van der Waals surface area contributed by atoms with E-state index in [2.05, 4.69) is 133 Å². The number of benzene rings is 3. The lowest BCUT2D eigenvalue weighted by Gasteiger charge is -2.38. The average Bonchev–Trinajstić information content (AvgIpc) is 3.91. The summed E-state index contributed by atoms with van der Waals surface area (Å²) in [6.07, 6.45) is 3.18. The fourth-order valence-corrected chi connectivity index (χ4v) is 16.6. The second-order valence-electron chi connectivity index (χ2n) is 23.6. The minimum absolute atomic E-state index is 0.0800. The number of aromatic hydroxyl groups is 1. The maximum absolute atomic E-state index is 13.1. The molecule has 3 aromatic carbocycles. The largest absolute Gasteiger partial charge is 0.507 e. The Bertz CT molecular complexity index is 3040. The van der Waals surface area contributed by atoms with E-state index >= 15 is 0 Å². The average molecular weight is 1050 g/mol. The molecule has 0 aliphatic rings. The van der Waals surface area contributed by atoms with Crippen LogP contribution in [0.15, 0.2) is 50.8 Å². The summed E-state index contributed by atoms with van der Waals surface area (Å²) in [5.74, 6) is 2.11. The number of methoxy groups -OCH3 is 1. The van der Waals surface area contributed by atoms with E-state index in [0.717, 1.165) is 119 Å². The molecular weight excluding hydrogens is 973 g/mol. The zero-order chi connectivity index (χ0) is 51.6. The van der Waals surface area contributed by atoms with Gasteiger partial charge in [-0.1, -0.05) is 128 Å². The van der Waals surface area contributed by atoms with Gasteiger partial charge in [-0.2, -0.15) is 0 Å². The van der Waals surface area contributed by atoms with Crippen LogP contribution in [0.4, 0.5) is 0 Å². The van der Waals surface area contributed by atoms with Gasteiger partial charge in [0.25, 0.3) is 0 Å². The summed E-state index contributed by atoms with van der Waals surface area (Å²) in [6.45, 7) is 39.7. The molecule has 3 aromatic heterocycles. The first kappa shape index (κ1) is 54.9. The standard InChI is InChI=1S/C57H74O6S6/c1-20-63-45-39(53(8,9)10)27-35(47-32(3)50(60)68-65-47)30-42(45)57(17,18)24-23-56(15,16)41-29-36(48-33(4)51(61)69-66-48)28-40(44(41)62-19)55(13,14)22-21-54(11,12)38-26-34(46-31(2)49(59)67-64-46)25-37(43(38)58)52(5,6)7/h25-30,58H,20-24H2,1-19H3. The van der Waals surface area contributed by atoms with Crippen molar-refractivity contribution in [2.45, 2.75) is 183 Å². The highest BCUT2D eigenvalue weighted by Crippen LogP contribution is 2.52. The quantitative estimate of drug-likeness (QED) is 0.0972. The summed E-state index contributed by atoms with van der Waals surface area (Å²) >= 11 is 0. The Hall–Kier alpha value is -3.39. The van der Waals surface area contributed by atoms with E-state index in [4.69, 9.17) is 9.47 Å². The summed E-state index contributed by atoms with van der Waals surface area (Å²) in [5.41, 5.74) is 9.52. The lowest BCUT2D eigenvalue weighted by Crippen LogP contribution is -2.28. The van der Waals surface area contributed by atoms with Crippen LogP contribution in [0.1, 0.15) is 180 Å². The van der Waals surface area contributed by atoms with Crippen molar-refractivity contribution < 1.29 is 14.6 Å². The third kappa shape index (κ3) is 11.2. The van der Waals surface area contributed by atoms with Gasteiger partial charge in [-0.25, -0.2) is 0 Å². The maximum Gasteiger partial charge on any atom is 0.246 e. The highest BCUT2D eigenvalue weighted by molar-refractivity contribution is 7.70. The molecule has 0 radical (unpaired) electrons. The highest BCUT2D eigenvalue weighted by atomic mass is 32.9. The normalized spacial score (nSPS) is 13.1. The van der Waals surface area contributed by atoms with Gasteiger partial charge in [-0.05, 0) is 170 Å². The first-order valence-electron chi connectivity index (χ1n) is 24.0. The third-order valence-corrected chi connectivity index (χ3v) is 21.8. The molecule has 3 heterocycles. The van der Waals surface area contributed by atoms with E-state index in [1.54, 1.807) is 27.8 Å². The fraction of sp³-hybridized carbons (Fsp3) is 0.526. The summed E-state index contributed by atoms with van der Waals surface area (Å²) in [7, 11) is 10.2. The van der Waals surface area contributed by atoms with Crippen LogP contribution in [0.3, 0.4) is 0 Å². The Labute approximate surface area is 433 Å². The monoisotopic (exact) mass is 1050 g/mol. The van der Waals surface area contributed by atoms with E-state index in [-0.39, 0.29) is 35.9 Å². The predicted octanol–water partition coefficient (Wildman–Crippen LogP) is 16.8. The van der Waals surface area contributed by atoms with Crippen molar-refractivity contribution in [1.29, 1.82) is 0 Å². The van der Waals surface area contributed by atoms with E-state index in [9.17, 15) is 19.5 Å². The van der Waals surface area contributed by atoms with Crippen LogP contribution in [0.2, 0.25) is 0 Å². The molecule has 374 valence electrons. The Balaban J connectivity index is 1.44. The van der Waals surface area contributed by atoms with Gasteiger partial charge in [-0.3, -0.25) is 14.4 Å². The molecule has 0 unspecified atom stereocenters. The zero-order valence-corrected chi connectivity index (χ0v) is 49.3. The topological polar surface area (TPSA) is 89.9 Å². The summed E-state index contributed by atoms with van der Waals surface area (Å²) in [5, 5.41) is 12.1. The number of phenols is 1. The van der Waals surface area contributed by atoms with E-state index in [0.29, 0.717) is 12.4 Å². The van der Waals surface area contributed by atoms with Crippen LogP contribution in [0.25, 0.3) is 31.3 Å². The van der Waals surface area contributed by atoms with Crippen LogP contribution in [-0.4, -0.2) is 18.8 Å². The zero-order valence-electron chi connectivity index (χ0n) is 44.4. The molecule has 0 spiro atoms. The van der Waals surface area contributed by atoms with E-state index < -0.39 is 10.8 Å². The molecule has 69 heavy (non-hydrogen) atoms. The Morgan fingerprint density at radius 3 is 1.01 bits per heavy atom. The molecule has 0 saturated carbocycles. The molecule has 1 N–H and O–H groups in total. The van der Waals surface area contributed by atoms with Crippen LogP contribution in [-0.2, 0) is 32.5 Å². The lowest BCUT2D eigenvalue weighted by atomic mass is 9.68. The molecule has 0 atom stereocenters. The van der Waals surface area contributed by atoms with E-state index in [1.807, 2.05) is 27.7 Å². The Morgan fingerprint density at radius 2 is 0.725 bits per heavy atom. The van der Waals surface area contributed by atoms with Crippen LogP contribution < -0.4 is 23.7 Å². The van der Waals surface area contributed by atoms with Crippen molar-refractivity contribution >= 4 is 62.0 Å².